The maximum Gasteiger partial charge on any atom is 0.271 e. The van der Waals surface area contributed by atoms with Crippen molar-refractivity contribution in [2.75, 3.05) is 7.05 Å². The fourth-order valence-electron chi connectivity index (χ4n) is 3.12. The Bertz CT molecular complexity index is 1140. The molecule has 0 saturated carbocycles. The smallest absolute Gasteiger partial charge is 0.271 e. The normalized spacial score (nSPS) is 11.3. The van der Waals surface area contributed by atoms with Gasteiger partial charge in [-0.25, -0.2) is 9.97 Å². The Hall–Kier alpha value is -2.93. The van der Waals surface area contributed by atoms with Crippen LogP contribution in [0.5, 0.6) is 0 Å². The lowest BCUT2D eigenvalue weighted by molar-refractivity contribution is 0.0775. The van der Waals surface area contributed by atoms with Gasteiger partial charge >= 0.3 is 0 Å². The lowest BCUT2D eigenvalue weighted by Crippen LogP contribution is -2.27. The zero-order valence-electron chi connectivity index (χ0n) is 15.8. The number of carbonyl (C=O) groups is 1. The highest BCUT2D eigenvalue weighted by molar-refractivity contribution is 7.15. The molecule has 0 spiro atoms. The predicted molar refractivity (Wildman–Crippen MR) is 107 cm³/mol. The summed E-state index contributed by atoms with van der Waals surface area (Å²) in [6.07, 6.45) is 3.72. The summed E-state index contributed by atoms with van der Waals surface area (Å²) < 4.78 is 1.88. The van der Waals surface area contributed by atoms with Gasteiger partial charge in [0, 0.05) is 36.1 Å². The molecule has 3 aromatic heterocycles. The van der Waals surface area contributed by atoms with E-state index in [-0.39, 0.29) is 5.91 Å². The molecule has 1 aromatic carbocycles. The van der Waals surface area contributed by atoms with Crippen LogP contribution in [0.3, 0.4) is 0 Å². The maximum atomic E-state index is 12.9. The van der Waals surface area contributed by atoms with E-state index < -0.39 is 0 Å². The van der Waals surface area contributed by atoms with Crippen LogP contribution >= 0.6 is 11.3 Å². The molecule has 0 aliphatic heterocycles. The molecule has 0 unspecified atom stereocenters. The number of carbonyl (C=O) groups excluding carboxylic acids is 1. The average molecular weight is 379 g/mol. The summed E-state index contributed by atoms with van der Waals surface area (Å²) in [6, 6.07) is 6.33. The molecule has 4 rings (SSSR count). The van der Waals surface area contributed by atoms with Gasteiger partial charge in [0.2, 0.25) is 0 Å². The van der Waals surface area contributed by atoms with E-state index in [1.807, 2.05) is 22.9 Å². The minimum absolute atomic E-state index is 0.0554. The Morgan fingerprint density at radius 2 is 2.11 bits per heavy atom. The van der Waals surface area contributed by atoms with Crippen molar-refractivity contribution in [3.05, 3.63) is 64.3 Å². The van der Waals surface area contributed by atoms with Crippen LogP contribution in [0.15, 0.2) is 36.0 Å². The minimum Gasteiger partial charge on any atom is -0.345 e. The topological polar surface area (TPSA) is 66.3 Å². The van der Waals surface area contributed by atoms with Crippen molar-refractivity contribution < 1.29 is 4.79 Å². The first-order valence-electron chi connectivity index (χ1n) is 8.72. The van der Waals surface area contributed by atoms with Crippen molar-refractivity contribution >= 4 is 22.2 Å². The molecule has 27 heavy (non-hydrogen) atoms. The molecule has 138 valence electrons. The molecule has 3 heterocycles. The number of rotatable bonds is 4. The van der Waals surface area contributed by atoms with Crippen LogP contribution in [-0.4, -0.2) is 37.2 Å². The fraction of sp³-hybridized carbons (Fsp3) is 0.250. The molecular weight excluding hydrogens is 358 g/mol. The largest absolute Gasteiger partial charge is 0.345 e. The van der Waals surface area contributed by atoms with Crippen molar-refractivity contribution in [3.8, 4) is 11.3 Å². The summed E-state index contributed by atoms with van der Waals surface area (Å²) >= 11 is 1.48. The van der Waals surface area contributed by atoms with E-state index in [1.165, 1.54) is 22.5 Å². The Kier molecular flexibility index (Phi) is 4.31. The Balaban J connectivity index is 1.65. The molecule has 0 atom stereocenters. The number of nitrogens with one attached hydrogen (secondary N) is 1. The van der Waals surface area contributed by atoms with E-state index in [4.69, 9.17) is 4.98 Å². The van der Waals surface area contributed by atoms with Crippen molar-refractivity contribution in [2.45, 2.75) is 27.3 Å². The maximum absolute atomic E-state index is 12.9. The number of imidazole rings is 2. The summed E-state index contributed by atoms with van der Waals surface area (Å²) in [4.78, 5) is 27.6. The van der Waals surface area contributed by atoms with E-state index in [1.54, 1.807) is 18.1 Å². The van der Waals surface area contributed by atoms with Gasteiger partial charge in [0.05, 0.1) is 12.2 Å². The number of thiazole rings is 1. The highest BCUT2D eigenvalue weighted by Crippen LogP contribution is 2.27. The minimum atomic E-state index is -0.0554. The molecule has 6 nitrogen and oxygen atoms in total. The quantitative estimate of drug-likeness (QED) is 0.583. The fourth-order valence-corrected chi connectivity index (χ4v) is 3.97. The van der Waals surface area contributed by atoms with Crippen LogP contribution in [0.2, 0.25) is 0 Å². The Labute approximate surface area is 161 Å². The number of aromatic nitrogens is 4. The van der Waals surface area contributed by atoms with Crippen molar-refractivity contribution in [1.29, 1.82) is 0 Å². The zero-order chi connectivity index (χ0) is 19.1. The summed E-state index contributed by atoms with van der Waals surface area (Å²) in [7, 11) is 1.78. The lowest BCUT2D eigenvalue weighted by atomic mass is 10.0. The van der Waals surface area contributed by atoms with E-state index in [0.29, 0.717) is 12.2 Å². The second-order valence-electron chi connectivity index (χ2n) is 6.89. The first-order chi connectivity index (χ1) is 12.9. The van der Waals surface area contributed by atoms with Crippen LogP contribution < -0.4 is 0 Å². The summed E-state index contributed by atoms with van der Waals surface area (Å²) in [6.45, 7) is 6.53. The van der Waals surface area contributed by atoms with Gasteiger partial charge in [-0.3, -0.25) is 9.20 Å². The summed E-state index contributed by atoms with van der Waals surface area (Å²) in [5.74, 6) is 0.719. The summed E-state index contributed by atoms with van der Waals surface area (Å²) in [5.41, 5.74) is 5.95. The van der Waals surface area contributed by atoms with Crippen molar-refractivity contribution in [1.82, 2.24) is 24.3 Å². The Morgan fingerprint density at radius 1 is 1.30 bits per heavy atom. The average Bonchev–Trinajstić information content (AvgIpc) is 3.32. The third kappa shape index (κ3) is 3.26. The molecule has 7 heteroatoms. The number of hydrogen-bond acceptors (Lipinski definition) is 4. The van der Waals surface area contributed by atoms with Gasteiger partial charge in [0.1, 0.15) is 11.5 Å². The molecule has 0 saturated heterocycles. The number of hydrogen-bond donors (Lipinski definition) is 1. The van der Waals surface area contributed by atoms with Gasteiger partial charge in [0.15, 0.2) is 4.96 Å². The molecule has 0 radical (unpaired) electrons. The number of H-pyrrole nitrogens is 1. The molecule has 4 aromatic rings. The van der Waals surface area contributed by atoms with E-state index in [9.17, 15) is 4.79 Å². The van der Waals surface area contributed by atoms with Crippen LogP contribution in [0.1, 0.15) is 33.1 Å². The molecule has 0 aliphatic carbocycles. The number of fused-ring (bicyclic) bond motifs is 1. The number of benzene rings is 1. The molecule has 0 bridgehead atoms. The SMILES string of the molecule is Cc1ccc(C)c(-c2cn3c(C(=O)N(C)Cc4ncc(C)[nH]4)csc3n2)c1. The van der Waals surface area contributed by atoms with Gasteiger partial charge in [-0.05, 0) is 32.4 Å². The molecule has 1 amide bonds. The zero-order valence-corrected chi connectivity index (χ0v) is 16.6. The monoisotopic (exact) mass is 379 g/mol. The molecule has 1 N–H and O–H groups in total. The van der Waals surface area contributed by atoms with Crippen molar-refractivity contribution in [2.24, 2.45) is 0 Å². The summed E-state index contributed by atoms with van der Waals surface area (Å²) in [5, 5.41) is 1.86. The van der Waals surface area contributed by atoms with Gasteiger partial charge in [0.25, 0.3) is 5.91 Å². The number of amides is 1. The Morgan fingerprint density at radius 3 is 2.85 bits per heavy atom. The van der Waals surface area contributed by atoms with Gasteiger partial charge in [-0.15, -0.1) is 11.3 Å². The van der Waals surface area contributed by atoms with E-state index >= 15 is 0 Å². The first-order valence-corrected chi connectivity index (χ1v) is 9.60. The second-order valence-corrected chi connectivity index (χ2v) is 7.73. The van der Waals surface area contributed by atoms with Crippen molar-refractivity contribution in [3.63, 3.8) is 0 Å². The van der Waals surface area contributed by atoms with Crippen LogP contribution in [0.4, 0.5) is 0 Å². The van der Waals surface area contributed by atoms with E-state index in [0.717, 1.165) is 27.7 Å². The highest BCUT2D eigenvalue weighted by atomic mass is 32.1. The highest BCUT2D eigenvalue weighted by Gasteiger charge is 2.20. The predicted octanol–water partition coefficient (Wildman–Crippen LogP) is 3.98. The van der Waals surface area contributed by atoms with E-state index in [2.05, 4.69) is 42.0 Å². The number of aryl methyl sites for hydroxylation is 3. The third-order valence-corrected chi connectivity index (χ3v) is 5.43. The van der Waals surface area contributed by atoms with Crippen LogP contribution in [0.25, 0.3) is 16.2 Å². The van der Waals surface area contributed by atoms with Crippen LogP contribution in [0, 0.1) is 20.8 Å². The molecule has 0 fully saturated rings. The van der Waals surface area contributed by atoms with Gasteiger partial charge in [-0.2, -0.15) is 0 Å². The standard InChI is InChI=1S/C20H21N5OS/c1-12-5-6-13(2)15(7-12)16-9-25-17(11-27-20(25)23-16)19(26)24(4)10-18-21-8-14(3)22-18/h5-9,11H,10H2,1-4H3,(H,21,22). The second kappa shape index (κ2) is 6.66. The number of nitrogens with zero attached hydrogens (tertiary/aromatic N) is 4. The van der Waals surface area contributed by atoms with Crippen LogP contribution in [-0.2, 0) is 6.54 Å². The van der Waals surface area contributed by atoms with Gasteiger partial charge < -0.3 is 9.88 Å². The van der Waals surface area contributed by atoms with Gasteiger partial charge in [-0.1, -0.05) is 17.7 Å². The molecular formula is C20H21N5OS. The molecule has 0 aliphatic rings. The third-order valence-electron chi connectivity index (χ3n) is 4.59. The first kappa shape index (κ1) is 17.5. The number of aromatic amines is 1. The lowest BCUT2D eigenvalue weighted by Gasteiger charge is -2.15.